The van der Waals surface area contributed by atoms with Crippen LogP contribution in [0.1, 0.15) is 32.3 Å². The van der Waals surface area contributed by atoms with E-state index in [1.54, 1.807) is 0 Å². The molecule has 5 heteroatoms. The maximum Gasteiger partial charge on any atom is 0.304 e. The molecule has 0 saturated carbocycles. The number of fused-ring (bicyclic) bond motifs is 1. The van der Waals surface area contributed by atoms with Gasteiger partial charge in [0.15, 0.2) is 11.5 Å². The molecule has 0 bridgehead atoms. The number of ether oxygens (including phenoxy) is 2. The van der Waals surface area contributed by atoms with Crippen molar-refractivity contribution < 1.29 is 19.4 Å². The predicted molar refractivity (Wildman–Crippen MR) is 75.0 cm³/mol. The highest BCUT2D eigenvalue weighted by molar-refractivity contribution is 9.10. The van der Waals surface area contributed by atoms with Gasteiger partial charge in [0.2, 0.25) is 0 Å². The molecule has 4 nitrogen and oxygen atoms in total. The molecule has 1 N–H and O–H groups in total. The number of benzene rings is 1. The second-order valence-electron chi connectivity index (χ2n) is 5.26. The van der Waals surface area contributed by atoms with Crippen LogP contribution in [-0.2, 0) is 10.2 Å². The molecule has 0 radical (unpaired) electrons. The van der Waals surface area contributed by atoms with E-state index in [0.29, 0.717) is 24.7 Å². The first kappa shape index (κ1) is 14.2. The zero-order valence-electron chi connectivity index (χ0n) is 11.0. The van der Waals surface area contributed by atoms with Crippen LogP contribution in [-0.4, -0.2) is 24.3 Å². The molecule has 0 spiro atoms. The predicted octanol–water partition coefficient (Wildman–Crippen LogP) is 3.36. The van der Waals surface area contributed by atoms with Crippen LogP contribution < -0.4 is 9.47 Å². The van der Waals surface area contributed by atoms with Gasteiger partial charge in [-0.1, -0.05) is 19.9 Å². The molecular formula is C14H17BrO4. The van der Waals surface area contributed by atoms with Gasteiger partial charge >= 0.3 is 5.97 Å². The topological polar surface area (TPSA) is 55.8 Å². The van der Waals surface area contributed by atoms with E-state index in [0.717, 1.165) is 16.5 Å². The molecular weight excluding hydrogens is 312 g/mol. The van der Waals surface area contributed by atoms with Crippen molar-refractivity contribution in [1.29, 1.82) is 0 Å². The Morgan fingerprint density at radius 1 is 1.32 bits per heavy atom. The zero-order valence-corrected chi connectivity index (χ0v) is 12.6. The fraction of sp³-hybridized carbons (Fsp3) is 0.500. The van der Waals surface area contributed by atoms with Gasteiger partial charge < -0.3 is 14.6 Å². The van der Waals surface area contributed by atoms with E-state index >= 15 is 0 Å². The number of aliphatic carboxylic acids is 1. The Balaban J connectivity index is 2.49. The van der Waals surface area contributed by atoms with Crippen LogP contribution in [0.4, 0.5) is 0 Å². The van der Waals surface area contributed by atoms with Gasteiger partial charge in [0, 0.05) is 17.4 Å². The van der Waals surface area contributed by atoms with Crippen molar-refractivity contribution in [3.8, 4) is 11.5 Å². The monoisotopic (exact) mass is 328 g/mol. The van der Waals surface area contributed by atoms with Crippen LogP contribution in [0.15, 0.2) is 16.6 Å². The summed E-state index contributed by atoms with van der Waals surface area (Å²) in [5.41, 5.74) is 0.361. The van der Waals surface area contributed by atoms with Crippen molar-refractivity contribution in [3.05, 3.63) is 22.2 Å². The lowest BCUT2D eigenvalue weighted by Crippen LogP contribution is -2.22. The Labute approximate surface area is 120 Å². The molecule has 104 valence electrons. The summed E-state index contributed by atoms with van der Waals surface area (Å²) in [6, 6.07) is 3.78. The largest absolute Gasteiger partial charge is 0.489 e. The van der Waals surface area contributed by atoms with Crippen molar-refractivity contribution in [3.63, 3.8) is 0 Å². The Bertz CT molecular complexity index is 496. The average Bonchev–Trinajstić information content (AvgIpc) is 2.53. The Kier molecular flexibility index (Phi) is 4.04. The molecule has 1 aromatic carbocycles. The van der Waals surface area contributed by atoms with E-state index < -0.39 is 11.4 Å². The Morgan fingerprint density at radius 3 is 2.58 bits per heavy atom. The number of hydrogen-bond acceptors (Lipinski definition) is 3. The quantitative estimate of drug-likeness (QED) is 0.924. The number of carbonyl (C=O) groups is 1. The van der Waals surface area contributed by atoms with E-state index in [-0.39, 0.29) is 6.42 Å². The van der Waals surface area contributed by atoms with Gasteiger partial charge in [0.1, 0.15) is 0 Å². The highest BCUT2D eigenvalue weighted by atomic mass is 79.9. The number of halogens is 1. The first-order valence-electron chi connectivity index (χ1n) is 6.22. The summed E-state index contributed by atoms with van der Waals surface area (Å²) < 4.78 is 12.3. The number of rotatable bonds is 3. The Morgan fingerprint density at radius 2 is 1.95 bits per heavy atom. The van der Waals surface area contributed by atoms with Crippen LogP contribution in [0.25, 0.3) is 0 Å². The van der Waals surface area contributed by atoms with Gasteiger partial charge in [-0.15, -0.1) is 0 Å². The van der Waals surface area contributed by atoms with Crippen LogP contribution in [0, 0.1) is 0 Å². The van der Waals surface area contributed by atoms with Crippen LogP contribution in [0.2, 0.25) is 0 Å². The summed E-state index contributed by atoms with van der Waals surface area (Å²) in [6.07, 6.45) is 0.865. The molecule has 0 aromatic heterocycles. The summed E-state index contributed by atoms with van der Waals surface area (Å²) in [7, 11) is 0. The molecule has 0 fully saturated rings. The van der Waals surface area contributed by atoms with E-state index in [1.165, 1.54) is 0 Å². The smallest absolute Gasteiger partial charge is 0.304 e. The van der Waals surface area contributed by atoms with Crippen molar-refractivity contribution in [2.45, 2.75) is 32.1 Å². The standard InChI is InChI=1S/C14H17BrO4/c1-14(2,8-11(16)17)9-4-5-10(15)13-12(9)18-6-3-7-19-13/h4-5H,3,6-8H2,1-2H3,(H,16,17). The second-order valence-corrected chi connectivity index (χ2v) is 6.11. The van der Waals surface area contributed by atoms with Crippen LogP contribution in [0.3, 0.4) is 0 Å². The van der Waals surface area contributed by atoms with Crippen molar-refractivity contribution in [2.75, 3.05) is 13.2 Å². The van der Waals surface area contributed by atoms with Crippen molar-refractivity contribution >= 4 is 21.9 Å². The third-order valence-electron chi connectivity index (χ3n) is 3.17. The summed E-state index contributed by atoms with van der Waals surface area (Å²) in [4.78, 5) is 11.0. The lowest BCUT2D eigenvalue weighted by molar-refractivity contribution is -0.138. The average molecular weight is 329 g/mol. The lowest BCUT2D eigenvalue weighted by Gasteiger charge is -2.26. The number of hydrogen-bond donors (Lipinski definition) is 1. The van der Waals surface area contributed by atoms with Gasteiger partial charge in [0.05, 0.1) is 24.1 Å². The molecule has 1 aromatic rings. The highest BCUT2D eigenvalue weighted by Crippen LogP contribution is 2.45. The normalized spacial score (nSPS) is 14.9. The molecule has 2 rings (SSSR count). The van der Waals surface area contributed by atoms with Crippen molar-refractivity contribution in [2.24, 2.45) is 0 Å². The molecule has 1 heterocycles. The summed E-state index contributed by atoms with van der Waals surface area (Å²) in [5.74, 6) is 0.516. The van der Waals surface area contributed by atoms with E-state index in [4.69, 9.17) is 14.6 Å². The molecule has 1 aliphatic rings. The third-order valence-corrected chi connectivity index (χ3v) is 3.79. The maximum absolute atomic E-state index is 11.0. The second kappa shape index (κ2) is 5.41. The van der Waals surface area contributed by atoms with Gasteiger partial charge in [-0.25, -0.2) is 0 Å². The zero-order chi connectivity index (χ0) is 14.0. The van der Waals surface area contributed by atoms with E-state index in [1.807, 2.05) is 26.0 Å². The Hall–Kier alpha value is -1.23. The minimum absolute atomic E-state index is 0.0461. The molecule has 19 heavy (non-hydrogen) atoms. The first-order chi connectivity index (χ1) is 8.92. The van der Waals surface area contributed by atoms with Crippen molar-refractivity contribution in [1.82, 2.24) is 0 Å². The fourth-order valence-corrected chi connectivity index (χ4v) is 2.66. The van der Waals surface area contributed by atoms with E-state index in [9.17, 15) is 4.79 Å². The first-order valence-corrected chi connectivity index (χ1v) is 7.01. The summed E-state index contributed by atoms with van der Waals surface area (Å²) in [6.45, 7) is 4.99. The summed E-state index contributed by atoms with van der Waals surface area (Å²) >= 11 is 3.45. The van der Waals surface area contributed by atoms with Gasteiger partial charge in [0.25, 0.3) is 0 Å². The van der Waals surface area contributed by atoms with Crippen LogP contribution in [0.5, 0.6) is 11.5 Å². The molecule has 0 atom stereocenters. The van der Waals surface area contributed by atoms with Gasteiger partial charge in [-0.3, -0.25) is 4.79 Å². The molecule has 0 unspecified atom stereocenters. The molecule has 0 aliphatic carbocycles. The molecule has 0 amide bonds. The minimum atomic E-state index is -0.823. The maximum atomic E-state index is 11.0. The molecule has 0 saturated heterocycles. The fourth-order valence-electron chi connectivity index (χ4n) is 2.23. The number of carboxylic acids is 1. The molecule has 1 aliphatic heterocycles. The van der Waals surface area contributed by atoms with E-state index in [2.05, 4.69) is 15.9 Å². The highest BCUT2D eigenvalue weighted by Gasteiger charge is 2.31. The summed E-state index contributed by atoms with van der Waals surface area (Å²) in [5, 5.41) is 9.04. The SMILES string of the molecule is CC(C)(CC(=O)O)c1ccc(Br)c2c1OCCCO2. The van der Waals surface area contributed by atoms with Gasteiger partial charge in [-0.05, 0) is 22.0 Å². The minimum Gasteiger partial charge on any atom is -0.489 e. The number of carboxylic acid groups (broad SMARTS) is 1. The van der Waals surface area contributed by atoms with Gasteiger partial charge in [-0.2, -0.15) is 0 Å². The third kappa shape index (κ3) is 3.03. The van der Waals surface area contributed by atoms with Crippen LogP contribution >= 0.6 is 15.9 Å². The lowest BCUT2D eigenvalue weighted by atomic mass is 9.81.